The summed E-state index contributed by atoms with van der Waals surface area (Å²) < 4.78 is 4.74. The third kappa shape index (κ3) is 3.34. The first-order valence-corrected chi connectivity index (χ1v) is 13.7. The molecule has 0 saturated heterocycles. The smallest absolute Gasteiger partial charge is 0.138 e. The number of fused-ring (bicyclic) bond motifs is 7. The zero-order valence-corrected chi connectivity index (χ0v) is 22.5. The van der Waals surface area contributed by atoms with Gasteiger partial charge < -0.3 is 4.57 Å². The van der Waals surface area contributed by atoms with Gasteiger partial charge in [-0.25, -0.2) is 4.98 Å². The molecule has 0 spiro atoms. The highest BCUT2D eigenvalue weighted by Crippen LogP contribution is 2.41. The van der Waals surface area contributed by atoms with Crippen LogP contribution in [0.15, 0.2) is 127 Å². The highest BCUT2D eigenvalue weighted by Gasteiger charge is 2.21. The number of aromatic nitrogens is 3. The lowest BCUT2D eigenvalue weighted by Gasteiger charge is -2.11. The summed E-state index contributed by atoms with van der Waals surface area (Å²) in [5.41, 5.74) is 10.5. The highest BCUT2D eigenvalue weighted by atomic mass is 15.1. The molecule has 40 heavy (non-hydrogen) atoms. The molecule has 8 aromatic rings. The number of pyridine rings is 1. The summed E-state index contributed by atoms with van der Waals surface area (Å²) >= 11 is 0. The Bertz CT molecular complexity index is 2210. The molecular weight excluding hydrogens is 486 g/mol. The summed E-state index contributed by atoms with van der Waals surface area (Å²) in [5, 5.41) is 4.98. The Morgan fingerprint density at radius 2 is 1.18 bits per heavy atom. The van der Waals surface area contributed by atoms with Gasteiger partial charge in [-0.3, -0.25) is 4.57 Å². The quantitative estimate of drug-likeness (QED) is 0.231. The Labute approximate surface area is 232 Å². The van der Waals surface area contributed by atoms with Gasteiger partial charge in [0, 0.05) is 32.8 Å². The lowest BCUT2D eigenvalue weighted by Crippen LogP contribution is -1.99. The van der Waals surface area contributed by atoms with Crippen LogP contribution in [0.2, 0.25) is 0 Å². The highest BCUT2D eigenvalue weighted by molar-refractivity contribution is 6.26. The van der Waals surface area contributed by atoms with E-state index in [1.54, 1.807) is 0 Å². The van der Waals surface area contributed by atoms with Gasteiger partial charge in [0.2, 0.25) is 0 Å². The second-order valence-electron chi connectivity index (χ2n) is 10.7. The molecule has 3 heterocycles. The van der Waals surface area contributed by atoms with Gasteiger partial charge >= 0.3 is 0 Å². The zero-order chi connectivity index (χ0) is 26.8. The van der Waals surface area contributed by atoms with E-state index in [4.69, 9.17) is 4.98 Å². The van der Waals surface area contributed by atoms with Crippen molar-refractivity contribution in [1.82, 2.24) is 14.1 Å². The van der Waals surface area contributed by atoms with E-state index in [0.717, 1.165) is 33.8 Å². The van der Waals surface area contributed by atoms with Crippen molar-refractivity contribution in [3.8, 4) is 22.8 Å². The van der Waals surface area contributed by atoms with Gasteiger partial charge in [0.1, 0.15) is 5.82 Å². The van der Waals surface area contributed by atoms with Gasteiger partial charge in [0.15, 0.2) is 0 Å². The van der Waals surface area contributed by atoms with Crippen LogP contribution in [-0.2, 0) is 0 Å². The second-order valence-corrected chi connectivity index (χ2v) is 10.7. The maximum atomic E-state index is 5.23. The van der Waals surface area contributed by atoms with E-state index in [2.05, 4.69) is 150 Å². The van der Waals surface area contributed by atoms with Gasteiger partial charge in [-0.05, 0) is 68.4 Å². The number of aryl methyl sites for hydroxylation is 2. The number of para-hydroxylation sites is 3. The fourth-order valence-corrected chi connectivity index (χ4v) is 6.43. The van der Waals surface area contributed by atoms with Gasteiger partial charge in [-0.1, -0.05) is 83.9 Å². The maximum absolute atomic E-state index is 5.23. The molecule has 0 N–H and O–H groups in total. The van der Waals surface area contributed by atoms with Crippen LogP contribution in [0.25, 0.3) is 66.4 Å². The van der Waals surface area contributed by atoms with Crippen LogP contribution in [0.5, 0.6) is 0 Å². The molecule has 190 valence electrons. The maximum Gasteiger partial charge on any atom is 0.138 e. The average Bonchev–Trinajstić information content (AvgIpc) is 3.50. The van der Waals surface area contributed by atoms with Crippen molar-refractivity contribution in [2.45, 2.75) is 13.8 Å². The van der Waals surface area contributed by atoms with Crippen LogP contribution in [-0.4, -0.2) is 14.1 Å². The summed E-state index contributed by atoms with van der Waals surface area (Å²) in [4.78, 5) is 5.23. The third-order valence-electron chi connectivity index (χ3n) is 7.97. The molecule has 0 saturated carbocycles. The lowest BCUT2D eigenvalue weighted by molar-refractivity contribution is 1.08. The van der Waals surface area contributed by atoms with E-state index in [0.29, 0.717) is 0 Å². The fraction of sp³-hybridized carbons (Fsp3) is 0.0541. The molecule has 3 aromatic heterocycles. The molecule has 0 aliphatic heterocycles. The van der Waals surface area contributed by atoms with Crippen molar-refractivity contribution in [3.63, 3.8) is 0 Å². The van der Waals surface area contributed by atoms with Crippen LogP contribution in [0.1, 0.15) is 11.1 Å². The molecule has 0 fully saturated rings. The summed E-state index contributed by atoms with van der Waals surface area (Å²) in [5.74, 6) is 0.921. The first-order chi connectivity index (χ1) is 19.7. The molecule has 0 radical (unpaired) electrons. The van der Waals surface area contributed by atoms with Crippen LogP contribution in [0.3, 0.4) is 0 Å². The molecule has 0 unspecified atom stereocenters. The number of hydrogen-bond donors (Lipinski definition) is 0. The predicted molar refractivity (Wildman–Crippen MR) is 168 cm³/mol. The van der Waals surface area contributed by atoms with Crippen molar-refractivity contribution in [2.75, 3.05) is 0 Å². The fourth-order valence-electron chi connectivity index (χ4n) is 6.43. The van der Waals surface area contributed by atoms with Crippen molar-refractivity contribution in [1.29, 1.82) is 0 Å². The zero-order valence-electron chi connectivity index (χ0n) is 22.5. The minimum atomic E-state index is 0.921. The minimum Gasteiger partial charge on any atom is -0.309 e. The largest absolute Gasteiger partial charge is 0.309 e. The molecular formula is C37H27N3. The third-order valence-corrected chi connectivity index (χ3v) is 7.97. The number of benzene rings is 5. The number of rotatable bonds is 3. The molecule has 0 amide bonds. The molecule has 5 aromatic carbocycles. The molecule has 0 aliphatic carbocycles. The van der Waals surface area contributed by atoms with E-state index in [1.165, 1.54) is 43.7 Å². The van der Waals surface area contributed by atoms with Crippen molar-refractivity contribution >= 4 is 43.6 Å². The van der Waals surface area contributed by atoms with E-state index < -0.39 is 0 Å². The normalized spacial score (nSPS) is 11.8. The monoisotopic (exact) mass is 513 g/mol. The van der Waals surface area contributed by atoms with E-state index >= 15 is 0 Å². The van der Waals surface area contributed by atoms with Crippen LogP contribution >= 0.6 is 0 Å². The summed E-state index contributed by atoms with van der Waals surface area (Å²) in [6, 6.07) is 45.7. The Morgan fingerprint density at radius 1 is 0.500 bits per heavy atom. The SMILES string of the molecule is Cc1cc(C)cc(-c2cccc(-n3c4ccccc4c4c3ccc3c5ccccc5n(-c5ccccc5)c34)n2)c1. The Balaban J connectivity index is 1.50. The average molecular weight is 514 g/mol. The molecule has 8 rings (SSSR count). The van der Waals surface area contributed by atoms with Gasteiger partial charge in [-0.2, -0.15) is 0 Å². The number of nitrogens with zero attached hydrogens (tertiary/aromatic N) is 3. The van der Waals surface area contributed by atoms with E-state index in [9.17, 15) is 0 Å². The summed E-state index contributed by atoms with van der Waals surface area (Å²) in [6.07, 6.45) is 0. The van der Waals surface area contributed by atoms with E-state index in [1.807, 2.05) is 0 Å². The van der Waals surface area contributed by atoms with Gasteiger partial charge in [0.25, 0.3) is 0 Å². The van der Waals surface area contributed by atoms with Crippen LogP contribution < -0.4 is 0 Å². The Morgan fingerprint density at radius 3 is 1.95 bits per heavy atom. The summed E-state index contributed by atoms with van der Waals surface area (Å²) in [7, 11) is 0. The number of hydrogen-bond acceptors (Lipinski definition) is 1. The van der Waals surface area contributed by atoms with Gasteiger partial charge in [0.05, 0.1) is 27.8 Å². The Hall–Kier alpha value is -5.15. The molecule has 3 heteroatoms. The van der Waals surface area contributed by atoms with Crippen LogP contribution in [0.4, 0.5) is 0 Å². The molecule has 0 atom stereocenters. The first-order valence-electron chi connectivity index (χ1n) is 13.7. The topological polar surface area (TPSA) is 22.8 Å². The van der Waals surface area contributed by atoms with E-state index in [-0.39, 0.29) is 0 Å². The lowest BCUT2D eigenvalue weighted by atomic mass is 10.0. The Kier molecular flexibility index (Phi) is 4.95. The standard InChI is InChI=1S/C37H27N3/c1-24-21-25(2)23-26(22-24)31-15-10-18-35(38-31)40-33-17-9-7-14-30(33)36-34(40)20-19-29-28-13-6-8-16-32(28)39(37(29)36)27-11-4-3-5-12-27/h3-23H,1-2H3. The second kappa shape index (κ2) is 8.69. The van der Waals surface area contributed by atoms with Crippen molar-refractivity contribution < 1.29 is 0 Å². The van der Waals surface area contributed by atoms with Crippen molar-refractivity contribution in [3.05, 3.63) is 139 Å². The molecule has 3 nitrogen and oxygen atoms in total. The predicted octanol–water partition coefficient (Wildman–Crippen LogP) is 9.56. The summed E-state index contributed by atoms with van der Waals surface area (Å²) in [6.45, 7) is 4.29. The molecule has 0 aliphatic rings. The molecule has 0 bridgehead atoms. The van der Waals surface area contributed by atoms with Crippen LogP contribution in [0, 0.1) is 13.8 Å². The van der Waals surface area contributed by atoms with Gasteiger partial charge in [-0.15, -0.1) is 0 Å². The first kappa shape index (κ1) is 22.8. The minimum absolute atomic E-state index is 0.921. The van der Waals surface area contributed by atoms with Crippen molar-refractivity contribution in [2.24, 2.45) is 0 Å².